The van der Waals surface area contributed by atoms with Crippen LogP contribution in [0, 0.1) is 5.92 Å². The van der Waals surface area contributed by atoms with E-state index in [-0.39, 0.29) is 62.6 Å². The number of nitrogens with zero attached hydrogens (tertiary/aromatic N) is 2. The predicted molar refractivity (Wildman–Crippen MR) is 181 cm³/mol. The molecule has 0 saturated carbocycles. The third kappa shape index (κ3) is 10.2. The van der Waals surface area contributed by atoms with Crippen molar-refractivity contribution in [2.75, 3.05) is 20.2 Å². The molecule has 1 aromatic carbocycles. The molecule has 1 aromatic heterocycles. The molecule has 15 heteroatoms. The molecule has 6 N–H and O–H groups in total. The molecule has 2 saturated heterocycles. The minimum atomic E-state index is -1.14. The van der Waals surface area contributed by atoms with Gasteiger partial charge in [-0.25, -0.2) is 4.98 Å². The quantitative estimate of drug-likeness (QED) is 0.227. The van der Waals surface area contributed by atoms with Gasteiger partial charge in [0.2, 0.25) is 35.4 Å². The van der Waals surface area contributed by atoms with Gasteiger partial charge in [-0.2, -0.15) is 0 Å². The maximum Gasteiger partial charge on any atom is 0.252 e. The van der Waals surface area contributed by atoms with Gasteiger partial charge in [0, 0.05) is 43.8 Å². The number of ether oxygens (including phenoxy) is 1. The molecule has 2 aliphatic rings. The van der Waals surface area contributed by atoms with Gasteiger partial charge in [-0.3, -0.25) is 28.8 Å². The van der Waals surface area contributed by atoms with Crippen LogP contribution in [0.4, 0.5) is 0 Å². The zero-order valence-electron chi connectivity index (χ0n) is 28.8. The lowest BCUT2D eigenvalue weighted by Gasteiger charge is -2.29. The first-order valence-electron chi connectivity index (χ1n) is 16.9. The normalized spacial score (nSPS) is 25.7. The lowest BCUT2D eigenvalue weighted by molar-refractivity contribution is -0.141. The number of fused-ring (bicyclic) bond motifs is 1. The highest BCUT2D eigenvalue weighted by Gasteiger charge is 2.41. The average molecular weight is 694 g/mol. The van der Waals surface area contributed by atoms with Crippen molar-refractivity contribution in [2.24, 2.45) is 5.92 Å². The molecule has 0 spiro atoms. The molecule has 0 aliphatic carbocycles. The van der Waals surface area contributed by atoms with Gasteiger partial charge in [-0.1, -0.05) is 44.2 Å². The van der Waals surface area contributed by atoms with Crippen LogP contribution in [-0.2, 0) is 30.4 Å². The maximum atomic E-state index is 13.9. The van der Waals surface area contributed by atoms with Crippen molar-refractivity contribution in [3.63, 3.8) is 0 Å². The molecule has 2 aliphatic heterocycles. The van der Waals surface area contributed by atoms with Gasteiger partial charge < -0.3 is 41.3 Å². The van der Waals surface area contributed by atoms with E-state index in [1.54, 1.807) is 24.3 Å². The van der Waals surface area contributed by atoms with Crippen molar-refractivity contribution in [1.82, 2.24) is 36.5 Å². The van der Waals surface area contributed by atoms with Crippen LogP contribution in [0.5, 0.6) is 5.88 Å². The topological polar surface area (TPSA) is 208 Å². The van der Waals surface area contributed by atoms with Gasteiger partial charge in [-0.05, 0) is 43.7 Å². The number of aromatic nitrogens is 1. The molecule has 2 aromatic rings. The zero-order valence-corrected chi connectivity index (χ0v) is 28.8. The summed E-state index contributed by atoms with van der Waals surface area (Å²) in [6.45, 7) is 5.25. The van der Waals surface area contributed by atoms with Gasteiger partial charge in [0.1, 0.15) is 30.2 Å². The molecule has 15 nitrogen and oxygen atoms in total. The standard InChI is InChI=1S/C35H47N7O8/c1-20(2)15-26-32(46)38-21(3)35(49)42-19-24(43)18-28(42)34(48)37-13-8-11-25(39-30(44)23-12-14-36-29(17-23)50-4)31(45)41-27(33(47)40-26)16-22-9-6-5-7-10-22/h5-7,9-10,12,14,17,20-21,24-28,43H,8,11,13,15-16,18-19H2,1-4H3,(H,37,48)(H,38,46)(H,39,44)(H,40,47)(H,41,45)/t21-,24+,25-,26-,27+,28-/m0/s1. The summed E-state index contributed by atoms with van der Waals surface area (Å²) in [4.78, 5) is 86.7. The molecule has 50 heavy (non-hydrogen) atoms. The second-order valence-electron chi connectivity index (χ2n) is 13.1. The third-order valence-electron chi connectivity index (χ3n) is 8.65. The molecular weight excluding hydrogens is 646 g/mol. The lowest BCUT2D eigenvalue weighted by Crippen LogP contribution is -2.59. The van der Waals surface area contributed by atoms with Crippen LogP contribution in [0.1, 0.15) is 62.4 Å². The molecule has 2 fully saturated rings. The van der Waals surface area contributed by atoms with Crippen molar-refractivity contribution in [3.05, 3.63) is 59.8 Å². The summed E-state index contributed by atoms with van der Waals surface area (Å²) in [5.74, 6) is -3.33. The number of methoxy groups -OCH3 is 1. The lowest BCUT2D eigenvalue weighted by atomic mass is 10.00. The molecule has 270 valence electrons. The van der Waals surface area contributed by atoms with Gasteiger partial charge in [0.05, 0.1) is 13.2 Å². The first kappa shape index (κ1) is 37.8. The summed E-state index contributed by atoms with van der Waals surface area (Å²) in [5.41, 5.74) is 0.936. The molecule has 6 atom stereocenters. The third-order valence-corrected chi connectivity index (χ3v) is 8.65. The van der Waals surface area contributed by atoms with Gasteiger partial charge >= 0.3 is 0 Å². The molecule has 4 rings (SSSR count). The summed E-state index contributed by atoms with van der Waals surface area (Å²) < 4.78 is 5.12. The van der Waals surface area contributed by atoms with Crippen molar-refractivity contribution in [3.8, 4) is 5.88 Å². The maximum absolute atomic E-state index is 13.9. The fourth-order valence-electron chi connectivity index (χ4n) is 6.05. The Morgan fingerprint density at radius 2 is 1.70 bits per heavy atom. The van der Waals surface area contributed by atoms with E-state index in [1.807, 2.05) is 19.9 Å². The van der Waals surface area contributed by atoms with E-state index in [4.69, 9.17) is 4.74 Å². The number of benzene rings is 1. The predicted octanol–water partition coefficient (Wildman–Crippen LogP) is -0.176. The Bertz CT molecular complexity index is 1540. The molecular formula is C35H47N7O8. The van der Waals surface area contributed by atoms with E-state index in [0.717, 1.165) is 5.56 Å². The van der Waals surface area contributed by atoms with Crippen LogP contribution in [0.15, 0.2) is 48.7 Å². The van der Waals surface area contributed by atoms with Crippen LogP contribution in [-0.4, -0.2) is 107 Å². The van der Waals surface area contributed by atoms with Crippen molar-refractivity contribution < 1.29 is 38.6 Å². The number of carbonyl (C=O) groups excluding carboxylic acids is 6. The van der Waals surface area contributed by atoms with Crippen molar-refractivity contribution in [1.29, 1.82) is 0 Å². The van der Waals surface area contributed by atoms with E-state index in [1.165, 1.54) is 37.3 Å². The Labute approximate surface area is 291 Å². The van der Waals surface area contributed by atoms with Crippen molar-refractivity contribution >= 4 is 35.4 Å². The Morgan fingerprint density at radius 3 is 2.40 bits per heavy atom. The van der Waals surface area contributed by atoms with Crippen LogP contribution < -0.4 is 31.3 Å². The van der Waals surface area contributed by atoms with E-state index in [2.05, 4.69) is 31.6 Å². The van der Waals surface area contributed by atoms with Crippen molar-refractivity contribution in [2.45, 2.75) is 89.2 Å². The molecule has 6 amide bonds. The number of aliphatic hydroxyl groups excluding tert-OH is 1. The molecule has 0 bridgehead atoms. The smallest absolute Gasteiger partial charge is 0.252 e. The van der Waals surface area contributed by atoms with Crippen LogP contribution in [0.2, 0.25) is 0 Å². The average Bonchev–Trinajstić information content (AvgIpc) is 3.49. The summed E-state index contributed by atoms with van der Waals surface area (Å²) >= 11 is 0. The minimum absolute atomic E-state index is 0.0174. The van der Waals surface area contributed by atoms with Crippen LogP contribution in [0.3, 0.4) is 0 Å². The summed E-state index contributed by atoms with van der Waals surface area (Å²) in [7, 11) is 1.41. The summed E-state index contributed by atoms with van der Waals surface area (Å²) in [6, 6.07) is 6.55. The molecule has 3 heterocycles. The van der Waals surface area contributed by atoms with Gasteiger partial charge in [0.15, 0.2) is 0 Å². The van der Waals surface area contributed by atoms with E-state index in [0.29, 0.717) is 0 Å². The number of amides is 6. The number of nitrogens with one attached hydrogen (secondary N) is 5. The molecule has 0 unspecified atom stereocenters. The Morgan fingerprint density at radius 1 is 1.00 bits per heavy atom. The molecule has 0 radical (unpaired) electrons. The monoisotopic (exact) mass is 693 g/mol. The van der Waals surface area contributed by atoms with Crippen LogP contribution in [0.25, 0.3) is 0 Å². The number of aliphatic hydroxyl groups is 1. The number of pyridine rings is 1. The minimum Gasteiger partial charge on any atom is -0.481 e. The van der Waals surface area contributed by atoms with E-state index < -0.39 is 71.8 Å². The van der Waals surface area contributed by atoms with Gasteiger partial charge in [0.25, 0.3) is 5.91 Å². The number of carbonyl (C=O) groups is 6. The fraction of sp³-hybridized carbons (Fsp3) is 0.514. The Kier molecular flexibility index (Phi) is 13.3. The number of rotatable bonds is 7. The highest BCUT2D eigenvalue weighted by atomic mass is 16.5. The zero-order chi connectivity index (χ0) is 36.4. The first-order chi connectivity index (χ1) is 23.9. The summed E-state index contributed by atoms with van der Waals surface area (Å²) in [5, 5.41) is 24.1. The Hall–Kier alpha value is -5.05. The van der Waals surface area contributed by atoms with E-state index in [9.17, 15) is 33.9 Å². The van der Waals surface area contributed by atoms with Gasteiger partial charge in [-0.15, -0.1) is 0 Å². The number of hydrogen-bond acceptors (Lipinski definition) is 9. The second-order valence-corrected chi connectivity index (χ2v) is 13.1. The summed E-state index contributed by atoms with van der Waals surface area (Å²) in [6.07, 6.45) is 1.11. The Balaban J connectivity index is 1.67. The number of hydrogen-bond donors (Lipinski definition) is 6. The largest absolute Gasteiger partial charge is 0.481 e. The van der Waals surface area contributed by atoms with Crippen LogP contribution >= 0.6 is 0 Å². The second kappa shape index (κ2) is 17.6. The van der Waals surface area contributed by atoms with E-state index >= 15 is 0 Å². The highest BCUT2D eigenvalue weighted by molar-refractivity contribution is 5.99. The first-order valence-corrected chi connectivity index (χ1v) is 16.9. The fourth-order valence-corrected chi connectivity index (χ4v) is 6.05. The SMILES string of the molecule is COc1cc(C(=O)N[C@H]2CCCNC(=O)[C@@H]3C[C@@H](O)CN3C(=O)[C@H](C)NC(=O)[C@H](CC(C)C)NC(=O)[C@@H](Cc3ccccc3)NC2=O)ccn1. The highest BCUT2D eigenvalue weighted by Crippen LogP contribution is 2.20.